The molecule has 1 aliphatic rings. The summed E-state index contributed by atoms with van der Waals surface area (Å²) in [5.74, 6) is 3.14. The number of carbonyl (C=O) groups is 1. The second-order valence-electron chi connectivity index (χ2n) is 7.35. The largest absolute Gasteiger partial charge is 0.494 e. The summed E-state index contributed by atoms with van der Waals surface area (Å²) in [4.78, 5) is 13.4. The Morgan fingerprint density at radius 3 is 2.33 bits per heavy atom. The van der Waals surface area contributed by atoms with E-state index in [-0.39, 0.29) is 16.4 Å². The van der Waals surface area contributed by atoms with Crippen LogP contribution in [-0.4, -0.2) is 42.4 Å². The Bertz CT molecular complexity index is 545. The molecule has 1 aromatic carbocycles. The molecule has 0 amide bonds. The Hall–Kier alpha value is -0.270. The van der Waals surface area contributed by atoms with Crippen LogP contribution in [0.25, 0.3) is 0 Å². The maximum Gasteiger partial charge on any atom is 0.175 e. The molecule has 1 unspecified atom stereocenters. The quantitative estimate of drug-likeness (QED) is 0.426. The number of rotatable bonds is 6. The van der Waals surface area contributed by atoms with E-state index in [2.05, 4.69) is 48.9 Å². The van der Waals surface area contributed by atoms with Crippen molar-refractivity contribution in [2.24, 2.45) is 5.41 Å². The third-order valence-electron chi connectivity index (χ3n) is 4.19. The molecule has 1 heterocycles. The summed E-state index contributed by atoms with van der Waals surface area (Å²) in [6.07, 6.45) is 0.982. The van der Waals surface area contributed by atoms with E-state index >= 15 is 0 Å². The molecule has 136 valence electrons. The normalized spacial score (nSPS) is 20.2. The molecule has 1 fully saturated rings. The van der Waals surface area contributed by atoms with Crippen LogP contribution in [0.3, 0.4) is 0 Å². The second kappa shape index (κ2) is 8.41. The van der Waals surface area contributed by atoms with Crippen LogP contribution in [0.4, 0.5) is 0 Å². The molecule has 5 heteroatoms. The van der Waals surface area contributed by atoms with Crippen molar-refractivity contribution in [1.29, 1.82) is 0 Å². The summed E-state index contributed by atoms with van der Waals surface area (Å²) in [7, 11) is -1.05. The van der Waals surface area contributed by atoms with Crippen molar-refractivity contribution in [3.63, 3.8) is 0 Å². The smallest absolute Gasteiger partial charge is 0.175 e. The average Bonchev–Trinajstić information content (AvgIpc) is 2.52. The Labute approximate surface area is 159 Å². The van der Waals surface area contributed by atoms with Crippen molar-refractivity contribution in [2.45, 2.75) is 39.4 Å². The Balaban J connectivity index is 2.24. The zero-order valence-electron chi connectivity index (χ0n) is 15.1. The first-order chi connectivity index (χ1) is 11.3. The number of hydrogen-bond acceptors (Lipinski definition) is 3. The Morgan fingerprint density at radius 2 is 1.83 bits per heavy atom. The third-order valence-corrected chi connectivity index (χ3v) is 11.8. The number of ketones is 1. The van der Waals surface area contributed by atoms with E-state index in [1.54, 1.807) is 0 Å². The van der Waals surface area contributed by atoms with Gasteiger partial charge in [-0.15, -0.1) is 0 Å². The molecule has 1 saturated heterocycles. The summed E-state index contributed by atoms with van der Waals surface area (Å²) in [6, 6.07) is 7.68. The molecular weight excluding hydrogens is 435 g/mol. The van der Waals surface area contributed by atoms with Gasteiger partial charge in [-0.2, -0.15) is 7.20 Å². The number of halogens is 1. The van der Waals surface area contributed by atoms with Crippen molar-refractivity contribution < 1.29 is 14.3 Å². The minimum absolute atomic E-state index is 0.0527. The Morgan fingerprint density at radius 1 is 1.25 bits per heavy atom. The van der Waals surface area contributed by atoms with Crippen LogP contribution < -0.4 is 4.74 Å². The van der Waals surface area contributed by atoms with Gasteiger partial charge in [0, 0.05) is 17.1 Å². The molecule has 0 N–H and O–H groups in total. The van der Waals surface area contributed by atoms with E-state index in [4.69, 9.17) is 9.47 Å². The number of hydrogen-bond donors (Lipinski definition) is 0. The standard InChI is InChI=1S/C19H29IO3S/c1-5-10-23-16-8-6-15(7-9-16)17(21)18(19(2,3)4)24(20)13-11-22-12-14-24/h6-9,18H,5,10-14H2,1-4H3. The van der Waals surface area contributed by atoms with Crippen LogP contribution in [0, 0.1) is 5.41 Å². The highest BCUT2D eigenvalue weighted by Crippen LogP contribution is 2.65. The molecule has 0 radical (unpaired) electrons. The zero-order chi connectivity index (χ0) is 17.8. The predicted octanol–water partition coefficient (Wildman–Crippen LogP) is 5.26. The minimum Gasteiger partial charge on any atom is -0.494 e. The van der Waals surface area contributed by atoms with Gasteiger partial charge in [-0.3, -0.25) is 4.79 Å². The SMILES string of the molecule is CCCOc1ccc(C(=O)C(C(C)(C)C)S2(I)CCOCC2)cc1. The topological polar surface area (TPSA) is 35.5 Å². The molecule has 1 aromatic rings. The zero-order valence-corrected chi connectivity index (χ0v) is 18.1. The summed E-state index contributed by atoms with van der Waals surface area (Å²) in [5.41, 5.74) is 0.747. The van der Waals surface area contributed by atoms with Crippen LogP contribution in [0.5, 0.6) is 5.75 Å². The van der Waals surface area contributed by atoms with Crippen molar-refractivity contribution in [1.82, 2.24) is 0 Å². The van der Waals surface area contributed by atoms with Gasteiger partial charge in [-0.25, -0.2) is 0 Å². The molecule has 0 aromatic heterocycles. The van der Waals surface area contributed by atoms with Gasteiger partial charge in [0.05, 0.1) is 25.1 Å². The number of benzene rings is 1. The van der Waals surface area contributed by atoms with Gasteiger partial charge in [0.2, 0.25) is 0 Å². The van der Waals surface area contributed by atoms with E-state index in [9.17, 15) is 4.79 Å². The molecule has 1 atom stereocenters. The number of ether oxygens (including phenoxy) is 2. The highest BCUT2D eigenvalue weighted by molar-refractivity contribution is 14.2. The highest BCUT2D eigenvalue weighted by atomic mass is 127. The summed E-state index contributed by atoms with van der Waals surface area (Å²) in [6.45, 7) is 10.9. The van der Waals surface area contributed by atoms with E-state index in [1.165, 1.54) is 0 Å². The van der Waals surface area contributed by atoms with Crippen molar-refractivity contribution in [3.05, 3.63) is 29.8 Å². The fraction of sp³-hybridized carbons (Fsp3) is 0.632. The molecule has 3 nitrogen and oxygen atoms in total. The van der Waals surface area contributed by atoms with Gasteiger partial charge in [0.1, 0.15) is 5.75 Å². The van der Waals surface area contributed by atoms with Crippen LogP contribution in [0.15, 0.2) is 24.3 Å². The Kier molecular flexibility index (Phi) is 7.02. The summed E-state index contributed by atoms with van der Waals surface area (Å²) in [5, 5.41) is 0.0527. The van der Waals surface area contributed by atoms with Crippen molar-refractivity contribution in [3.8, 4) is 5.75 Å². The van der Waals surface area contributed by atoms with Gasteiger partial charge >= 0.3 is 0 Å². The van der Waals surface area contributed by atoms with E-state index in [0.29, 0.717) is 6.61 Å². The van der Waals surface area contributed by atoms with Crippen LogP contribution >= 0.6 is 28.4 Å². The monoisotopic (exact) mass is 464 g/mol. The summed E-state index contributed by atoms with van der Waals surface area (Å²) >= 11 is 2.60. The molecule has 2 rings (SSSR count). The first-order valence-corrected chi connectivity index (χ1v) is 13.2. The summed E-state index contributed by atoms with van der Waals surface area (Å²) < 4.78 is 11.2. The molecule has 24 heavy (non-hydrogen) atoms. The first-order valence-electron chi connectivity index (χ1n) is 8.60. The van der Waals surface area contributed by atoms with Gasteiger partial charge in [-0.1, -0.05) is 27.7 Å². The lowest BCUT2D eigenvalue weighted by Crippen LogP contribution is -2.42. The number of Topliss-reactive ketones (excluding diaryl/α,β-unsaturated/α-hetero) is 1. The lowest BCUT2D eigenvalue weighted by atomic mass is 9.87. The maximum atomic E-state index is 13.4. The van der Waals surface area contributed by atoms with Gasteiger partial charge in [0.25, 0.3) is 0 Å². The van der Waals surface area contributed by atoms with Crippen LogP contribution in [0.1, 0.15) is 44.5 Å². The molecule has 0 spiro atoms. The lowest BCUT2D eigenvalue weighted by Gasteiger charge is -2.48. The van der Waals surface area contributed by atoms with Gasteiger partial charge in [-0.05, 0) is 57.3 Å². The molecule has 0 aliphatic carbocycles. The molecule has 0 saturated carbocycles. The van der Waals surface area contributed by atoms with Gasteiger partial charge < -0.3 is 9.47 Å². The average molecular weight is 464 g/mol. The fourth-order valence-corrected chi connectivity index (χ4v) is 10.5. The van der Waals surface area contributed by atoms with Crippen LogP contribution in [0.2, 0.25) is 0 Å². The molecule has 1 aliphatic heterocycles. The minimum atomic E-state index is -1.05. The molecule has 0 bridgehead atoms. The lowest BCUT2D eigenvalue weighted by molar-refractivity contribution is 0.0946. The van der Waals surface area contributed by atoms with E-state index in [1.807, 2.05) is 24.3 Å². The van der Waals surface area contributed by atoms with E-state index in [0.717, 1.165) is 42.5 Å². The van der Waals surface area contributed by atoms with Crippen LogP contribution in [-0.2, 0) is 4.74 Å². The van der Waals surface area contributed by atoms with Crippen molar-refractivity contribution in [2.75, 3.05) is 31.3 Å². The van der Waals surface area contributed by atoms with Crippen molar-refractivity contribution >= 4 is 34.2 Å². The van der Waals surface area contributed by atoms with Gasteiger partial charge in [0.15, 0.2) is 5.78 Å². The molecular formula is C19H29IO3S. The first kappa shape index (κ1) is 20.0. The van der Waals surface area contributed by atoms with E-state index < -0.39 is 7.20 Å². The third kappa shape index (κ3) is 4.88. The maximum absolute atomic E-state index is 13.4. The predicted molar refractivity (Wildman–Crippen MR) is 112 cm³/mol. The fourth-order valence-electron chi connectivity index (χ4n) is 3.14. The highest BCUT2D eigenvalue weighted by Gasteiger charge is 2.44. The second-order valence-corrected chi connectivity index (χ2v) is 15.6. The number of carbonyl (C=O) groups excluding carboxylic acids is 1.